The lowest BCUT2D eigenvalue weighted by molar-refractivity contribution is 0.0600. The maximum absolute atomic E-state index is 11.4. The zero-order valence-corrected chi connectivity index (χ0v) is 12.1. The Labute approximate surface area is 125 Å². The first kappa shape index (κ1) is 14.1. The van der Waals surface area contributed by atoms with Crippen LogP contribution in [0.15, 0.2) is 30.6 Å². The summed E-state index contributed by atoms with van der Waals surface area (Å²) in [7, 11) is 1.31. The number of rotatable bonds is 2. The molecule has 1 aromatic heterocycles. The van der Waals surface area contributed by atoms with E-state index < -0.39 is 5.97 Å². The second kappa shape index (κ2) is 5.78. The van der Waals surface area contributed by atoms with E-state index in [1.54, 1.807) is 24.4 Å². The lowest BCUT2D eigenvalue weighted by Crippen LogP contribution is -2.01. The summed E-state index contributed by atoms with van der Waals surface area (Å²) in [6.45, 7) is 0. The SMILES string of the molecule is COC(=O)c1cncc(-c2cc(Cl)c(Cl)c(Cl)c2)c1. The first-order valence-corrected chi connectivity index (χ1v) is 6.34. The molecule has 2 rings (SSSR count). The third-order valence-corrected chi connectivity index (χ3v) is 3.67. The van der Waals surface area contributed by atoms with Gasteiger partial charge in [0.25, 0.3) is 0 Å². The monoisotopic (exact) mass is 315 g/mol. The Hall–Kier alpha value is -1.29. The topological polar surface area (TPSA) is 39.2 Å². The Morgan fingerprint density at radius 3 is 2.26 bits per heavy atom. The zero-order valence-electron chi connectivity index (χ0n) is 9.78. The molecule has 6 heteroatoms. The van der Waals surface area contributed by atoms with Crippen LogP contribution < -0.4 is 0 Å². The molecule has 3 nitrogen and oxygen atoms in total. The minimum Gasteiger partial charge on any atom is -0.465 e. The molecule has 19 heavy (non-hydrogen) atoms. The van der Waals surface area contributed by atoms with Crippen LogP contribution in [0.1, 0.15) is 10.4 Å². The second-order valence-corrected chi connectivity index (χ2v) is 4.90. The van der Waals surface area contributed by atoms with Gasteiger partial charge in [0.05, 0.1) is 27.7 Å². The molecule has 0 unspecified atom stereocenters. The Morgan fingerprint density at radius 1 is 1.05 bits per heavy atom. The van der Waals surface area contributed by atoms with E-state index in [2.05, 4.69) is 9.72 Å². The molecule has 0 N–H and O–H groups in total. The molecule has 0 aliphatic rings. The predicted octanol–water partition coefficient (Wildman–Crippen LogP) is 4.50. The van der Waals surface area contributed by atoms with Crippen molar-refractivity contribution >= 4 is 40.8 Å². The number of aromatic nitrogens is 1. The number of hydrogen-bond acceptors (Lipinski definition) is 3. The van der Waals surface area contributed by atoms with Crippen LogP contribution >= 0.6 is 34.8 Å². The van der Waals surface area contributed by atoms with Crippen molar-refractivity contribution in [1.29, 1.82) is 0 Å². The molecule has 0 atom stereocenters. The summed E-state index contributed by atoms with van der Waals surface area (Å²) in [5.74, 6) is -0.458. The summed E-state index contributed by atoms with van der Waals surface area (Å²) in [6.07, 6.45) is 3.02. The smallest absolute Gasteiger partial charge is 0.339 e. The normalized spacial score (nSPS) is 10.3. The van der Waals surface area contributed by atoms with Crippen LogP contribution in [0.5, 0.6) is 0 Å². The standard InChI is InChI=1S/C13H8Cl3NO2/c1-19-13(18)9-2-8(5-17-6-9)7-3-10(14)12(16)11(15)4-7/h2-6H,1H3. The number of pyridine rings is 1. The summed E-state index contributed by atoms with van der Waals surface area (Å²) in [4.78, 5) is 15.4. The third kappa shape index (κ3) is 3.00. The van der Waals surface area contributed by atoms with E-state index in [0.29, 0.717) is 26.2 Å². The first-order chi connectivity index (χ1) is 9.02. The number of halogens is 3. The molecule has 0 aliphatic heterocycles. The molecule has 0 radical (unpaired) electrons. The zero-order chi connectivity index (χ0) is 14.0. The highest BCUT2D eigenvalue weighted by Crippen LogP contribution is 2.35. The van der Waals surface area contributed by atoms with Crippen LogP contribution in [0.3, 0.4) is 0 Å². The number of nitrogens with zero attached hydrogens (tertiary/aromatic N) is 1. The molecule has 98 valence electrons. The summed E-state index contributed by atoms with van der Waals surface area (Å²) < 4.78 is 4.64. The van der Waals surface area contributed by atoms with Crippen molar-refractivity contribution in [3.63, 3.8) is 0 Å². The summed E-state index contributed by atoms with van der Waals surface area (Å²) >= 11 is 17.8. The molecule has 0 saturated heterocycles. The van der Waals surface area contributed by atoms with E-state index in [-0.39, 0.29) is 0 Å². The second-order valence-electron chi connectivity index (χ2n) is 3.71. The molecule has 1 aromatic carbocycles. The predicted molar refractivity (Wildman–Crippen MR) is 76.0 cm³/mol. The van der Waals surface area contributed by atoms with Crippen LogP contribution in [0.2, 0.25) is 15.1 Å². The van der Waals surface area contributed by atoms with E-state index in [1.807, 2.05) is 0 Å². The van der Waals surface area contributed by atoms with Gasteiger partial charge in [-0.25, -0.2) is 4.79 Å². The van der Waals surface area contributed by atoms with Gasteiger partial charge in [-0.2, -0.15) is 0 Å². The minimum absolute atomic E-state index is 0.296. The van der Waals surface area contributed by atoms with Crippen molar-refractivity contribution in [2.24, 2.45) is 0 Å². The summed E-state index contributed by atoms with van der Waals surface area (Å²) in [6, 6.07) is 4.97. The number of esters is 1. The van der Waals surface area contributed by atoms with Gasteiger partial charge >= 0.3 is 5.97 Å². The molecule has 0 aliphatic carbocycles. The van der Waals surface area contributed by atoms with Crippen LogP contribution in [0.4, 0.5) is 0 Å². The Balaban J connectivity index is 2.50. The van der Waals surface area contributed by atoms with Crippen molar-refractivity contribution in [3.05, 3.63) is 51.2 Å². The fourth-order valence-electron chi connectivity index (χ4n) is 1.55. The first-order valence-electron chi connectivity index (χ1n) is 5.21. The maximum atomic E-state index is 11.4. The molecular weight excluding hydrogens is 309 g/mol. The number of carbonyl (C=O) groups excluding carboxylic acids is 1. The van der Waals surface area contributed by atoms with Gasteiger partial charge in [-0.05, 0) is 23.8 Å². The fourth-order valence-corrected chi connectivity index (χ4v) is 2.15. The van der Waals surface area contributed by atoms with Crippen LogP contribution in [0, 0.1) is 0 Å². The van der Waals surface area contributed by atoms with Crippen LogP contribution in [0.25, 0.3) is 11.1 Å². The number of carbonyl (C=O) groups is 1. The maximum Gasteiger partial charge on any atom is 0.339 e. The van der Waals surface area contributed by atoms with Crippen molar-refractivity contribution < 1.29 is 9.53 Å². The van der Waals surface area contributed by atoms with E-state index in [4.69, 9.17) is 34.8 Å². The Bertz CT molecular complexity index is 621. The van der Waals surface area contributed by atoms with Crippen molar-refractivity contribution in [1.82, 2.24) is 4.98 Å². The van der Waals surface area contributed by atoms with Gasteiger partial charge < -0.3 is 4.74 Å². The van der Waals surface area contributed by atoms with Gasteiger partial charge in [0.15, 0.2) is 0 Å². The van der Waals surface area contributed by atoms with E-state index in [1.165, 1.54) is 13.3 Å². The van der Waals surface area contributed by atoms with Crippen molar-refractivity contribution in [2.45, 2.75) is 0 Å². The highest BCUT2D eigenvalue weighted by atomic mass is 35.5. The Morgan fingerprint density at radius 2 is 1.68 bits per heavy atom. The molecular formula is C13H8Cl3NO2. The largest absolute Gasteiger partial charge is 0.465 e. The van der Waals surface area contributed by atoms with Crippen LogP contribution in [-0.2, 0) is 4.74 Å². The van der Waals surface area contributed by atoms with Gasteiger partial charge in [0.2, 0.25) is 0 Å². The average Bonchev–Trinajstić information content (AvgIpc) is 2.43. The minimum atomic E-state index is -0.458. The highest BCUT2D eigenvalue weighted by molar-refractivity contribution is 6.48. The molecule has 2 aromatic rings. The molecule has 0 saturated carbocycles. The lowest BCUT2D eigenvalue weighted by atomic mass is 10.1. The molecule has 1 heterocycles. The molecule has 0 spiro atoms. The van der Waals surface area contributed by atoms with Gasteiger partial charge in [-0.15, -0.1) is 0 Å². The number of ether oxygens (including phenoxy) is 1. The molecule has 0 amide bonds. The average molecular weight is 317 g/mol. The lowest BCUT2D eigenvalue weighted by Gasteiger charge is -2.06. The van der Waals surface area contributed by atoms with Crippen LogP contribution in [-0.4, -0.2) is 18.1 Å². The van der Waals surface area contributed by atoms with Gasteiger partial charge in [-0.3, -0.25) is 4.98 Å². The fraction of sp³-hybridized carbons (Fsp3) is 0.0769. The highest BCUT2D eigenvalue weighted by Gasteiger charge is 2.11. The molecule has 0 fully saturated rings. The molecule has 0 bridgehead atoms. The quantitative estimate of drug-likeness (QED) is 0.605. The third-order valence-electron chi connectivity index (χ3n) is 2.48. The summed E-state index contributed by atoms with van der Waals surface area (Å²) in [5.41, 5.74) is 1.77. The van der Waals surface area contributed by atoms with Crippen molar-refractivity contribution in [2.75, 3.05) is 7.11 Å². The van der Waals surface area contributed by atoms with Crippen molar-refractivity contribution in [3.8, 4) is 11.1 Å². The number of methoxy groups -OCH3 is 1. The van der Waals surface area contributed by atoms with E-state index >= 15 is 0 Å². The van der Waals surface area contributed by atoms with Gasteiger partial charge in [0.1, 0.15) is 0 Å². The number of benzene rings is 1. The summed E-state index contributed by atoms with van der Waals surface area (Å²) in [5, 5.41) is 0.976. The van der Waals surface area contributed by atoms with Gasteiger partial charge in [0, 0.05) is 18.0 Å². The van der Waals surface area contributed by atoms with Gasteiger partial charge in [-0.1, -0.05) is 34.8 Å². The van der Waals surface area contributed by atoms with E-state index in [0.717, 1.165) is 5.56 Å². The Kier molecular flexibility index (Phi) is 4.30. The van der Waals surface area contributed by atoms with E-state index in [9.17, 15) is 4.79 Å². The number of hydrogen-bond donors (Lipinski definition) is 0.